The van der Waals surface area contributed by atoms with Gasteiger partial charge in [-0.3, -0.25) is 4.90 Å². The summed E-state index contributed by atoms with van der Waals surface area (Å²) in [5.74, 6) is 1.80. The summed E-state index contributed by atoms with van der Waals surface area (Å²) in [6.07, 6.45) is 5.83. The van der Waals surface area contributed by atoms with Crippen molar-refractivity contribution in [2.45, 2.75) is 50.1 Å². The zero-order chi connectivity index (χ0) is 14.8. The predicted molar refractivity (Wildman–Crippen MR) is 81.0 cm³/mol. The molecule has 2 N–H and O–H groups in total. The van der Waals surface area contributed by atoms with Crippen LogP contribution >= 0.6 is 0 Å². The number of nitrogens with two attached hydrogens (primary N) is 1. The molecule has 0 amide bonds. The summed E-state index contributed by atoms with van der Waals surface area (Å²) in [5.41, 5.74) is 6.30. The number of nitrogens with zero attached hydrogens (tertiary/aromatic N) is 4. The van der Waals surface area contributed by atoms with Crippen molar-refractivity contribution >= 4 is 0 Å². The Morgan fingerprint density at radius 3 is 2.81 bits per heavy atom. The number of aromatic nitrogens is 2. The van der Waals surface area contributed by atoms with Gasteiger partial charge in [-0.05, 0) is 26.9 Å². The fourth-order valence-electron chi connectivity index (χ4n) is 3.47. The molecule has 1 saturated heterocycles. The summed E-state index contributed by atoms with van der Waals surface area (Å²) in [4.78, 5) is 9.33. The molecule has 3 rings (SSSR count). The average molecular weight is 293 g/mol. The van der Waals surface area contributed by atoms with Gasteiger partial charge < -0.3 is 15.2 Å². The van der Waals surface area contributed by atoms with Gasteiger partial charge in [-0.1, -0.05) is 24.4 Å². The molecule has 0 aromatic carbocycles. The third kappa shape index (κ3) is 3.27. The molecule has 1 aromatic rings. The fraction of sp³-hybridized carbons (Fsp3) is 0.867. The van der Waals surface area contributed by atoms with Gasteiger partial charge in [0.2, 0.25) is 5.89 Å². The number of likely N-dealkylation sites (N-methyl/N-ethyl adjacent to an activating group) is 2. The highest BCUT2D eigenvalue weighted by Gasteiger charge is 2.31. The van der Waals surface area contributed by atoms with Crippen LogP contribution in [-0.2, 0) is 0 Å². The molecule has 1 aliphatic carbocycles. The van der Waals surface area contributed by atoms with Crippen molar-refractivity contribution in [1.82, 2.24) is 19.9 Å². The Balaban J connectivity index is 1.75. The molecular formula is C15H27N5O. The molecular weight excluding hydrogens is 266 g/mol. The van der Waals surface area contributed by atoms with Crippen molar-refractivity contribution < 1.29 is 4.52 Å². The lowest BCUT2D eigenvalue weighted by Gasteiger charge is -2.35. The van der Waals surface area contributed by atoms with Crippen molar-refractivity contribution in [2.24, 2.45) is 5.73 Å². The second kappa shape index (κ2) is 6.42. The number of rotatable bonds is 2. The molecule has 3 atom stereocenters. The Morgan fingerprint density at radius 2 is 1.95 bits per heavy atom. The maximum Gasteiger partial charge on any atom is 0.231 e. The minimum atomic E-state index is 0.160. The van der Waals surface area contributed by atoms with E-state index in [-0.39, 0.29) is 18.0 Å². The molecule has 118 valence electrons. The van der Waals surface area contributed by atoms with E-state index in [2.05, 4.69) is 29.1 Å². The summed E-state index contributed by atoms with van der Waals surface area (Å²) in [6.45, 7) is 3.07. The zero-order valence-electron chi connectivity index (χ0n) is 13.2. The first-order valence-corrected chi connectivity index (χ1v) is 8.13. The SMILES string of the molecule is CN1CCN(C)C(c2noc(C3CCCCCC3N)n2)C1. The fourth-order valence-corrected chi connectivity index (χ4v) is 3.47. The summed E-state index contributed by atoms with van der Waals surface area (Å²) >= 11 is 0. The van der Waals surface area contributed by atoms with Crippen LogP contribution in [0.5, 0.6) is 0 Å². The second-order valence-electron chi connectivity index (χ2n) is 6.66. The van der Waals surface area contributed by atoms with Crippen LogP contribution in [0.4, 0.5) is 0 Å². The lowest BCUT2D eigenvalue weighted by atomic mass is 9.95. The molecule has 0 spiro atoms. The first-order chi connectivity index (χ1) is 10.1. The minimum absolute atomic E-state index is 0.160. The van der Waals surface area contributed by atoms with E-state index in [0.717, 1.165) is 44.2 Å². The number of hydrogen-bond acceptors (Lipinski definition) is 6. The summed E-state index contributed by atoms with van der Waals surface area (Å²) in [7, 11) is 4.27. The van der Waals surface area contributed by atoms with E-state index < -0.39 is 0 Å². The van der Waals surface area contributed by atoms with Gasteiger partial charge in [0.15, 0.2) is 5.82 Å². The van der Waals surface area contributed by atoms with Gasteiger partial charge in [0.05, 0.1) is 12.0 Å². The van der Waals surface area contributed by atoms with E-state index in [1.807, 2.05) is 0 Å². The quantitative estimate of drug-likeness (QED) is 0.830. The highest BCUT2D eigenvalue weighted by atomic mass is 16.5. The maximum atomic E-state index is 6.30. The monoisotopic (exact) mass is 293 g/mol. The van der Waals surface area contributed by atoms with E-state index in [1.54, 1.807) is 0 Å². The molecule has 1 saturated carbocycles. The van der Waals surface area contributed by atoms with Gasteiger partial charge in [0, 0.05) is 25.7 Å². The van der Waals surface area contributed by atoms with Gasteiger partial charge in [-0.15, -0.1) is 0 Å². The molecule has 2 heterocycles. The molecule has 1 aromatic heterocycles. The summed E-state index contributed by atoms with van der Waals surface area (Å²) in [5, 5.41) is 4.25. The van der Waals surface area contributed by atoms with Crippen molar-refractivity contribution in [3.05, 3.63) is 11.7 Å². The molecule has 2 fully saturated rings. The first-order valence-electron chi connectivity index (χ1n) is 8.13. The Morgan fingerprint density at radius 1 is 1.14 bits per heavy atom. The van der Waals surface area contributed by atoms with Crippen molar-refractivity contribution in [1.29, 1.82) is 0 Å². The largest absolute Gasteiger partial charge is 0.339 e. The Labute approximate surface area is 126 Å². The van der Waals surface area contributed by atoms with Crippen LogP contribution in [0.2, 0.25) is 0 Å². The highest BCUT2D eigenvalue weighted by Crippen LogP contribution is 2.31. The topological polar surface area (TPSA) is 71.4 Å². The molecule has 21 heavy (non-hydrogen) atoms. The predicted octanol–water partition coefficient (Wildman–Crippen LogP) is 1.36. The van der Waals surface area contributed by atoms with Crippen LogP contribution in [0.15, 0.2) is 4.52 Å². The van der Waals surface area contributed by atoms with Crippen LogP contribution in [0.25, 0.3) is 0 Å². The number of hydrogen-bond donors (Lipinski definition) is 1. The lowest BCUT2D eigenvalue weighted by molar-refractivity contribution is 0.108. The van der Waals surface area contributed by atoms with Gasteiger partial charge in [-0.2, -0.15) is 4.98 Å². The molecule has 6 heteroatoms. The van der Waals surface area contributed by atoms with E-state index in [4.69, 9.17) is 15.2 Å². The molecule has 2 aliphatic rings. The third-order valence-electron chi connectivity index (χ3n) is 4.99. The van der Waals surface area contributed by atoms with Crippen LogP contribution in [0, 0.1) is 0 Å². The van der Waals surface area contributed by atoms with Gasteiger partial charge in [0.25, 0.3) is 0 Å². The minimum Gasteiger partial charge on any atom is -0.339 e. The van der Waals surface area contributed by atoms with E-state index >= 15 is 0 Å². The van der Waals surface area contributed by atoms with Crippen molar-refractivity contribution in [3.8, 4) is 0 Å². The smallest absolute Gasteiger partial charge is 0.231 e. The van der Waals surface area contributed by atoms with Crippen LogP contribution in [-0.4, -0.2) is 59.7 Å². The van der Waals surface area contributed by atoms with Crippen LogP contribution in [0.3, 0.4) is 0 Å². The van der Waals surface area contributed by atoms with E-state index in [0.29, 0.717) is 0 Å². The second-order valence-corrected chi connectivity index (χ2v) is 6.66. The van der Waals surface area contributed by atoms with Gasteiger partial charge in [0.1, 0.15) is 0 Å². The van der Waals surface area contributed by atoms with Gasteiger partial charge >= 0.3 is 0 Å². The average Bonchev–Trinajstić information content (AvgIpc) is 2.84. The van der Waals surface area contributed by atoms with Crippen LogP contribution < -0.4 is 5.73 Å². The zero-order valence-corrected chi connectivity index (χ0v) is 13.2. The Kier molecular flexibility index (Phi) is 4.57. The standard InChI is InChI=1S/C15H27N5O/c1-19-8-9-20(2)13(10-19)14-17-15(21-18-14)11-6-4-3-5-7-12(11)16/h11-13H,3-10,16H2,1-2H3. The number of piperazine rings is 1. The van der Waals surface area contributed by atoms with Crippen molar-refractivity contribution in [3.63, 3.8) is 0 Å². The highest BCUT2D eigenvalue weighted by molar-refractivity contribution is 5.03. The normalized spacial score (nSPS) is 33.0. The summed E-state index contributed by atoms with van der Waals surface area (Å²) in [6, 6.07) is 0.385. The maximum absolute atomic E-state index is 6.30. The third-order valence-corrected chi connectivity index (χ3v) is 4.99. The molecule has 6 nitrogen and oxygen atoms in total. The van der Waals surface area contributed by atoms with E-state index in [9.17, 15) is 0 Å². The summed E-state index contributed by atoms with van der Waals surface area (Å²) < 4.78 is 5.58. The Bertz CT molecular complexity index is 446. The molecule has 1 aliphatic heterocycles. The van der Waals surface area contributed by atoms with Gasteiger partial charge in [-0.25, -0.2) is 0 Å². The Hall–Kier alpha value is -0.980. The molecule has 0 bridgehead atoms. The van der Waals surface area contributed by atoms with E-state index in [1.165, 1.54) is 19.3 Å². The van der Waals surface area contributed by atoms with Crippen molar-refractivity contribution in [2.75, 3.05) is 33.7 Å². The lowest BCUT2D eigenvalue weighted by Crippen LogP contribution is -2.45. The molecule has 0 radical (unpaired) electrons. The first kappa shape index (κ1) is 14.9. The molecule has 3 unspecified atom stereocenters. The van der Waals surface area contributed by atoms with Crippen LogP contribution in [0.1, 0.15) is 55.8 Å².